The molecule has 1 atom stereocenters. The van der Waals surface area contributed by atoms with Gasteiger partial charge in [-0.05, 0) is 0 Å². The van der Waals surface area contributed by atoms with Gasteiger partial charge < -0.3 is 19.6 Å². The molecule has 0 aromatic heterocycles. The summed E-state index contributed by atoms with van der Waals surface area (Å²) in [5.74, 6) is -1.06. The molecule has 0 radical (unpaired) electrons. The molecule has 100 valence electrons. The maximum atomic E-state index is 12.2. The van der Waals surface area contributed by atoms with Crippen LogP contribution in [0.4, 0.5) is 4.79 Å². The molecule has 0 bridgehead atoms. The van der Waals surface area contributed by atoms with Crippen LogP contribution in [0.1, 0.15) is 0 Å². The summed E-state index contributed by atoms with van der Waals surface area (Å²) >= 11 is 0. The zero-order valence-electron chi connectivity index (χ0n) is 10.2. The summed E-state index contributed by atoms with van der Waals surface area (Å²) in [7, 11) is 0. The maximum absolute atomic E-state index is 12.2. The summed E-state index contributed by atoms with van der Waals surface area (Å²) < 4.78 is 5.09. The Hall–Kier alpha value is -1.82. The van der Waals surface area contributed by atoms with Crippen molar-refractivity contribution in [3.05, 3.63) is 25.3 Å². The molecule has 1 fully saturated rings. The molecule has 0 saturated carbocycles. The minimum absolute atomic E-state index is 0.0249. The number of carboxylic acids is 1. The van der Waals surface area contributed by atoms with Gasteiger partial charge in [0.1, 0.15) is 0 Å². The van der Waals surface area contributed by atoms with E-state index in [1.165, 1.54) is 9.80 Å². The van der Waals surface area contributed by atoms with E-state index in [0.717, 1.165) is 0 Å². The highest BCUT2D eigenvalue weighted by Crippen LogP contribution is 2.11. The summed E-state index contributed by atoms with van der Waals surface area (Å²) in [6.07, 6.45) is 3.19. The van der Waals surface area contributed by atoms with Crippen LogP contribution in [0, 0.1) is 0 Å². The zero-order valence-corrected chi connectivity index (χ0v) is 10.2. The molecule has 1 rings (SSSR count). The van der Waals surface area contributed by atoms with E-state index in [1.807, 2.05) is 0 Å². The van der Waals surface area contributed by atoms with Gasteiger partial charge in [0.05, 0.1) is 13.2 Å². The lowest BCUT2D eigenvalue weighted by molar-refractivity contribution is -0.147. The quantitative estimate of drug-likeness (QED) is 0.728. The predicted molar refractivity (Wildman–Crippen MR) is 66.3 cm³/mol. The SMILES string of the molecule is C=CCN(CC=C)C(=O)N1CCOCC1C(=O)O. The van der Waals surface area contributed by atoms with Crippen LogP contribution in [0.5, 0.6) is 0 Å². The molecule has 1 saturated heterocycles. The summed E-state index contributed by atoms with van der Waals surface area (Å²) in [6, 6.07) is -1.26. The number of carboxylic acid groups (broad SMARTS) is 1. The Balaban J connectivity index is 2.79. The second kappa shape index (κ2) is 6.80. The Morgan fingerprint density at radius 1 is 1.39 bits per heavy atom. The monoisotopic (exact) mass is 254 g/mol. The standard InChI is InChI=1S/C12H18N2O4/c1-3-5-13(6-4-2)12(17)14-7-8-18-9-10(14)11(15)16/h3-4,10H,1-2,5-9H2,(H,15,16). The summed E-state index contributed by atoms with van der Waals surface area (Å²) in [5.41, 5.74) is 0. The molecule has 1 aliphatic heterocycles. The number of carbonyl (C=O) groups excluding carboxylic acids is 1. The maximum Gasteiger partial charge on any atom is 0.328 e. The van der Waals surface area contributed by atoms with Crippen LogP contribution in [-0.2, 0) is 9.53 Å². The third-order valence-corrected chi connectivity index (χ3v) is 2.63. The van der Waals surface area contributed by atoms with Crippen LogP contribution < -0.4 is 0 Å². The highest BCUT2D eigenvalue weighted by atomic mass is 16.5. The van der Waals surface area contributed by atoms with Crippen molar-refractivity contribution in [3.8, 4) is 0 Å². The molecule has 1 aliphatic rings. The Morgan fingerprint density at radius 3 is 2.50 bits per heavy atom. The topological polar surface area (TPSA) is 70.1 Å². The first-order valence-corrected chi connectivity index (χ1v) is 5.69. The van der Waals surface area contributed by atoms with Gasteiger partial charge in [-0.1, -0.05) is 12.2 Å². The lowest BCUT2D eigenvalue weighted by atomic mass is 10.2. The fraction of sp³-hybridized carbons (Fsp3) is 0.500. The minimum atomic E-state index is -1.06. The van der Waals surface area contributed by atoms with Crippen LogP contribution in [0.2, 0.25) is 0 Å². The molecule has 2 amide bonds. The normalized spacial score (nSPS) is 19.1. The van der Waals surface area contributed by atoms with Crippen molar-refractivity contribution in [1.29, 1.82) is 0 Å². The lowest BCUT2D eigenvalue weighted by Gasteiger charge is -2.36. The average Bonchev–Trinajstić information content (AvgIpc) is 2.37. The molecule has 18 heavy (non-hydrogen) atoms. The first-order valence-electron chi connectivity index (χ1n) is 5.69. The highest BCUT2D eigenvalue weighted by molar-refractivity contribution is 5.83. The minimum Gasteiger partial charge on any atom is -0.480 e. The van der Waals surface area contributed by atoms with Crippen LogP contribution in [-0.4, -0.2) is 65.8 Å². The smallest absolute Gasteiger partial charge is 0.328 e. The molecular weight excluding hydrogens is 236 g/mol. The summed E-state index contributed by atoms with van der Waals surface area (Å²) in [5, 5.41) is 9.07. The molecule has 0 aliphatic carbocycles. The number of carbonyl (C=O) groups is 2. The number of amides is 2. The Morgan fingerprint density at radius 2 is 2.00 bits per heavy atom. The third-order valence-electron chi connectivity index (χ3n) is 2.63. The van der Waals surface area contributed by atoms with Gasteiger partial charge in [-0.3, -0.25) is 0 Å². The predicted octanol–water partition coefficient (Wildman–Crippen LogP) is 0.566. The van der Waals surface area contributed by atoms with Gasteiger partial charge in [-0.15, -0.1) is 13.2 Å². The number of morpholine rings is 1. The van der Waals surface area contributed by atoms with Gasteiger partial charge in [0, 0.05) is 19.6 Å². The number of ether oxygens (including phenoxy) is 1. The molecule has 0 aromatic carbocycles. The number of aliphatic carboxylic acids is 1. The van der Waals surface area contributed by atoms with E-state index in [1.54, 1.807) is 12.2 Å². The zero-order chi connectivity index (χ0) is 13.5. The number of rotatable bonds is 5. The van der Waals surface area contributed by atoms with Gasteiger partial charge in [-0.25, -0.2) is 9.59 Å². The molecule has 0 aromatic rings. The van der Waals surface area contributed by atoms with E-state index in [-0.39, 0.29) is 19.2 Å². The highest BCUT2D eigenvalue weighted by Gasteiger charge is 2.34. The number of nitrogens with zero attached hydrogens (tertiary/aromatic N) is 2. The van der Waals surface area contributed by atoms with Gasteiger partial charge >= 0.3 is 12.0 Å². The van der Waals surface area contributed by atoms with E-state index in [4.69, 9.17) is 9.84 Å². The first kappa shape index (κ1) is 14.2. The Bertz CT molecular complexity index is 333. The lowest BCUT2D eigenvalue weighted by Crippen LogP contribution is -2.56. The van der Waals surface area contributed by atoms with Crippen molar-refractivity contribution in [2.24, 2.45) is 0 Å². The fourth-order valence-electron chi connectivity index (χ4n) is 1.76. The molecule has 1 N–H and O–H groups in total. The van der Waals surface area contributed by atoms with Crippen molar-refractivity contribution in [3.63, 3.8) is 0 Å². The van der Waals surface area contributed by atoms with Crippen molar-refractivity contribution < 1.29 is 19.4 Å². The fourth-order valence-corrected chi connectivity index (χ4v) is 1.76. The van der Waals surface area contributed by atoms with Gasteiger partial charge in [0.25, 0.3) is 0 Å². The van der Waals surface area contributed by atoms with Crippen LogP contribution in [0.3, 0.4) is 0 Å². The molecule has 0 spiro atoms. The Labute approximate surface area is 106 Å². The van der Waals surface area contributed by atoms with Crippen molar-refractivity contribution in [2.45, 2.75) is 6.04 Å². The van der Waals surface area contributed by atoms with Gasteiger partial charge in [0.2, 0.25) is 0 Å². The average molecular weight is 254 g/mol. The van der Waals surface area contributed by atoms with Crippen molar-refractivity contribution in [1.82, 2.24) is 9.80 Å². The number of hydrogen-bond acceptors (Lipinski definition) is 3. The molecular formula is C12H18N2O4. The van der Waals surface area contributed by atoms with Gasteiger partial charge in [-0.2, -0.15) is 0 Å². The van der Waals surface area contributed by atoms with E-state index < -0.39 is 12.0 Å². The van der Waals surface area contributed by atoms with E-state index in [2.05, 4.69) is 13.2 Å². The van der Waals surface area contributed by atoms with E-state index >= 15 is 0 Å². The van der Waals surface area contributed by atoms with Gasteiger partial charge in [0.15, 0.2) is 6.04 Å². The second-order valence-electron chi connectivity index (χ2n) is 3.89. The van der Waals surface area contributed by atoms with Crippen LogP contribution in [0.15, 0.2) is 25.3 Å². The molecule has 1 unspecified atom stereocenters. The number of hydrogen-bond donors (Lipinski definition) is 1. The van der Waals surface area contributed by atoms with Crippen LogP contribution in [0.25, 0.3) is 0 Å². The molecule has 6 heteroatoms. The molecule has 6 nitrogen and oxygen atoms in total. The first-order chi connectivity index (χ1) is 8.61. The van der Waals surface area contributed by atoms with E-state index in [9.17, 15) is 9.59 Å². The molecule has 1 heterocycles. The number of urea groups is 1. The second-order valence-corrected chi connectivity index (χ2v) is 3.89. The van der Waals surface area contributed by atoms with Crippen molar-refractivity contribution >= 4 is 12.0 Å². The third kappa shape index (κ3) is 3.33. The largest absolute Gasteiger partial charge is 0.480 e. The Kier molecular flexibility index (Phi) is 5.38. The summed E-state index contributed by atoms with van der Waals surface area (Å²) in [6.45, 7) is 8.52. The van der Waals surface area contributed by atoms with Crippen molar-refractivity contribution in [2.75, 3.05) is 32.8 Å². The summed E-state index contributed by atoms with van der Waals surface area (Å²) in [4.78, 5) is 26.1. The van der Waals surface area contributed by atoms with E-state index in [0.29, 0.717) is 19.7 Å². The van der Waals surface area contributed by atoms with Crippen LogP contribution >= 0.6 is 0 Å².